The Morgan fingerprint density at radius 3 is 2.45 bits per heavy atom. The van der Waals surface area contributed by atoms with Gasteiger partial charge in [0.2, 0.25) is 5.91 Å². The number of nitriles is 1. The number of anilines is 1. The van der Waals surface area contributed by atoms with Gasteiger partial charge in [-0.15, -0.1) is 0 Å². The first-order chi connectivity index (χ1) is 15.6. The van der Waals surface area contributed by atoms with Gasteiger partial charge in [0.05, 0.1) is 18.1 Å². The topological polar surface area (TPSA) is 73.1 Å². The molecule has 1 fully saturated rings. The Balaban J connectivity index is 1.97. The monoisotopic (exact) mass is 459 g/mol. The van der Waals surface area contributed by atoms with E-state index in [1.165, 1.54) is 6.07 Å². The number of amides is 1. The summed E-state index contributed by atoms with van der Waals surface area (Å²) in [7, 11) is 0. The van der Waals surface area contributed by atoms with E-state index in [1.54, 1.807) is 6.07 Å². The number of alkyl halides is 3. The third kappa shape index (κ3) is 5.81. The highest BCUT2D eigenvalue weighted by Gasteiger charge is 2.31. The zero-order valence-corrected chi connectivity index (χ0v) is 19.1. The lowest BCUT2D eigenvalue weighted by molar-refractivity contribution is -0.137. The van der Waals surface area contributed by atoms with Crippen LogP contribution in [0.4, 0.5) is 19.0 Å². The number of hydrogen-bond donors (Lipinski definition) is 0. The van der Waals surface area contributed by atoms with Crippen LogP contribution in [0.1, 0.15) is 49.0 Å². The smallest absolute Gasteiger partial charge is 0.353 e. The van der Waals surface area contributed by atoms with E-state index < -0.39 is 11.7 Å². The second-order valence-electron chi connectivity index (χ2n) is 8.42. The molecular formula is C24H28F3N5O. The molecule has 176 valence electrons. The zero-order chi connectivity index (χ0) is 24.2. The first-order valence-electron chi connectivity index (χ1n) is 11.1. The SMILES string of the molecule is CCc1nc(CC#N)nc(N2CCN(C(=O)C(C)C)CC2)c1Cc1cccc(C(F)(F)F)c1. The van der Waals surface area contributed by atoms with E-state index in [4.69, 9.17) is 5.26 Å². The van der Waals surface area contributed by atoms with Gasteiger partial charge in [-0.25, -0.2) is 9.97 Å². The Morgan fingerprint density at radius 1 is 1.18 bits per heavy atom. The van der Waals surface area contributed by atoms with E-state index >= 15 is 0 Å². The number of rotatable bonds is 6. The average Bonchev–Trinajstić information content (AvgIpc) is 2.79. The molecule has 2 heterocycles. The Morgan fingerprint density at radius 2 is 1.88 bits per heavy atom. The van der Waals surface area contributed by atoms with E-state index in [-0.39, 0.29) is 24.7 Å². The van der Waals surface area contributed by atoms with Gasteiger partial charge in [-0.1, -0.05) is 39.0 Å². The third-order valence-corrected chi connectivity index (χ3v) is 5.71. The fraction of sp³-hybridized carbons (Fsp3) is 0.500. The summed E-state index contributed by atoms with van der Waals surface area (Å²) in [6.45, 7) is 7.86. The minimum Gasteiger partial charge on any atom is -0.353 e. The molecule has 3 rings (SSSR count). The number of aromatic nitrogens is 2. The third-order valence-electron chi connectivity index (χ3n) is 5.71. The lowest BCUT2D eigenvalue weighted by Crippen LogP contribution is -2.50. The van der Waals surface area contributed by atoms with Gasteiger partial charge in [0.1, 0.15) is 11.6 Å². The molecule has 9 heteroatoms. The lowest BCUT2D eigenvalue weighted by Gasteiger charge is -2.37. The highest BCUT2D eigenvalue weighted by molar-refractivity contribution is 5.78. The van der Waals surface area contributed by atoms with E-state index in [1.807, 2.05) is 25.7 Å². The van der Waals surface area contributed by atoms with Gasteiger partial charge in [0.25, 0.3) is 0 Å². The first-order valence-corrected chi connectivity index (χ1v) is 11.1. The van der Waals surface area contributed by atoms with Crippen LogP contribution in [-0.2, 0) is 30.2 Å². The molecular weight excluding hydrogens is 431 g/mol. The number of aryl methyl sites for hydroxylation is 1. The normalized spacial score (nSPS) is 14.5. The van der Waals surface area contributed by atoms with Crippen LogP contribution in [0.25, 0.3) is 0 Å². The van der Waals surface area contributed by atoms with Crippen molar-refractivity contribution in [2.75, 3.05) is 31.1 Å². The molecule has 6 nitrogen and oxygen atoms in total. The average molecular weight is 460 g/mol. The summed E-state index contributed by atoms with van der Waals surface area (Å²) in [6, 6.07) is 7.36. The molecule has 1 aromatic heterocycles. The largest absolute Gasteiger partial charge is 0.416 e. The van der Waals surface area contributed by atoms with Crippen molar-refractivity contribution in [1.82, 2.24) is 14.9 Å². The van der Waals surface area contributed by atoms with Gasteiger partial charge >= 0.3 is 6.18 Å². The molecule has 0 aliphatic carbocycles. The summed E-state index contributed by atoms with van der Waals surface area (Å²) >= 11 is 0. The maximum absolute atomic E-state index is 13.2. The molecule has 0 unspecified atom stereocenters. The molecule has 0 N–H and O–H groups in total. The van der Waals surface area contributed by atoms with Crippen molar-refractivity contribution in [2.45, 2.75) is 46.2 Å². The van der Waals surface area contributed by atoms with E-state index in [0.717, 1.165) is 23.4 Å². The van der Waals surface area contributed by atoms with Crippen molar-refractivity contribution < 1.29 is 18.0 Å². The standard InChI is InChI=1S/C24H28F3N5O/c1-4-20-19(15-17-6-5-7-18(14-17)24(25,26)27)22(30-21(29-20)8-9-28)31-10-12-32(13-11-31)23(33)16(2)3/h5-7,14,16H,4,8,10-13,15H2,1-3H3. The quantitative estimate of drug-likeness (QED) is 0.653. The molecule has 33 heavy (non-hydrogen) atoms. The van der Waals surface area contributed by atoms with Gasteiger partial charge in [0, 0.05) is 49.8 Å². The number of benzene rings is 1. The molecule has 1 aromatic carbocycles. The van der Waals surface area contributed by atoms with Crippen LogP contribution in [0, 0.1) is 17.2 Å². The molecule has 0 spiro atoms. The number of carbonyl (C=O) groups is 1. The lowest BCUT2D eigenvalue weighted by atomic mass is 9.99. The van der Waals surface area contributed by atoms with Crippen LogP contribution in [0.5, 0.6) is 0 Å². The minimum absolute atomic E-state index is 0.0512. The van der Waals surface area contributed by atoms with Crippen LogP contribution in [0.15, 0.2) is 24.3 Å². The second-order valence-corrected chi connectivity index (χ2v) is 8.42. The van der Waals surface area contributed by atoms with E-state index in [0.29, 0.717) is 49.8 Å². The fourth-order valence-corrected chi connectivity index (χ4v) is 4.02. The van der Waals surface area contributed by atoms with Gasteiger partial charge in [-0.05, 0) is 18.1 Å². The van der Waals surface area contributed by atoms with Gasteiger partial charge in [-0.2, -0.15) is 18.4 Å². The van der Waals surface area contributed by atoms with Crippen LogP contribution in [0.3, 0.4) is 0 Å². The molecule has 1 aliphatic rings. The Hall–Kier alpha value is -3.15. The van der Waals surface area contributed by atoms with Crippen LogP contribution >= 0.6 is 0 Å². The van der Waals surface area contributed by atoms with Crippen molar-refractivity contribution >= 4 is 11.7 Å². The Labute approximate surface area is 192 Å². The molecule has 1 saturated heterocycles. The number of piperazine rings is 1. The van der Waals surface area contributed by atoms with Crippen LogP contribution in [0.2, 0.25) is 0 Å². The molecule has 2 aromatic rings. The number of nitrogens with zero attached hydrogens (tertiary/aromatic N) is 5. The molecule has 0 atom stereocenters. The number of carbonyl (C=O) groups excluding carboxylic acids is 1. The molecule has 0 saturated carbocycles. The van der Waals surface area contributed by atoms with Crippen molar-refractivity contribution in [3.05, 3.63) is 52.5 Å². The summed E-state index contributed by atoms with van der Waals surface area (Å²) in [5.41, 5.74) is 1.32. The fourth-order valence-electron chi connectivity index (χ4n) is 4.02. The molecule has 0 bridgehead atoms. The maximum atomic E-state index is 13.2. The van der Waals surface area contributed by atoms with Crippen LogP contribution < -0.4 is 4.90 Å². The van der Waals surface area contributed by atoms with E-state index in [9.17, 15) is 18.0 Å². The highest BCUT2D eigenvalue weighted by atomic mass is 19.4. The Bertz CT molecular complexity index is 1040. The predicted octanol–water partition coefficient (Wildman–Crippen LogP) is 4.02. The molecule has 1 amide bonds. The summed E-state index contributed by atoms with van der Waals surface area (Å²) in [4.78, 5) is 25.4. The molecule has 1 aliphatic heterocycles. The number of hydrogen-bond acceptors (Lipinski definition) is 5. The van der Waals surface area contributed by atoms with Gasteiger partial charge in [-0.3, -0.25) is 4.79 Å². The van der Waals surface area contributed by atoms with Crippen molar-refractivity contribution in [2.24, 2.45) is 5.92 Å². The highest BCUT2D eigenvalue weighted by Crippen LogP contribution is 2.31. The van der Waals surface area contributed by atoms with Crippen LogP contribution in [-0.4, -0.2) is 47.0 Å². The van der Waals surface area contributed by atoms with Gasteiger partial charge in [0.15, 0.2) is 0 Å². The second kappa shape index (κ2) is 10.2. The summed E-state index contributed by atoms with van der Waals surface area (Å²) < 4.78 is 39.7. The maximum Gasteiger partial charge on any atom is 0.416 e. The van der Waals surface area contributed by atoms with Crippen molar-refractivity contribution in [3.8, 4) is 6.07 Å². The van der Waals surface area contributed by atoms with E-state index in [2.05, 4.69) is 20.9 Å². The zero-order valence-electron chi connectivity index (χ0n) is 19.1. The van der Waals surface area contributed by atoms with Crippen molar-refractivity contribution in [3.63, 3.8) is 0 Å². The number of halogens is 3. The van der Waals surface area contributed by atoms with Gasteiger partial charge < -0.3 is 9.80 Å². The summed E-state index contributed by atoms with van der Waals surface area (Å²) in [5, 5.41) is 9.15. The van der Waals surface area contributed by atoms with Crippen molar-refractivity contribution in [1.29, 1.82) is 5.26 Å². The summed E-state index contributed by atoms with van der Waals surface area (Å²) in [5.74, 6) is 1.06. The Kier molecular flexibility index (Phi) is 7.57. The molecule has 0 radical (unpaired) electrons. The predicted molar refractivity (Wildman–Crippen MR) is 119 cm³/mol. The first kappa shape index (κ1) is 24.5. The summed E-state index contributed by atoms with van der Waals surface area (Å²) in [6.07, 6.45) is -3.55. The minimum atomic E-state index is -4.42.